The number of halogens is 1. The molecule has 138 heavy (non-hydrogen) atoms. The summed E-state index contributed by atoms with van der Waals surface area (Å²) >= 11 is 4.40. The number of hydrogen-bond donors (Lipinski definition) is 25. The zero-order valence-electron chi connectivity index (χ0n) is 78.5. The summed E-state index contributed by atoms with van der Waals surface area (Å²) in [6, 6.07) is 10.1. The molecule has 1 aliphatic heterocycles. The number of carbonyl (C=O) groups excluding carboxylic acids is 15. The smallest absolute Gasteiger partial charge is 0.322 e. The van der Waals surface area contributed by atoms with Crippen molar-refractivity contribution in [2.24, 2.45) is 34.4 Å². The number of aromatic amines is 1. The first-order chi connectivity index (χ1) is 65.8. The number of H-pyrrole nitrogens is 1. The van der Waals surface area contributed by atoms with Crippen LogP contribution in [0.5, 0.6) is 5.75 Å². The number of nitrogens with two attached hydrogens (primary N) is 6. The maximum absolute atomic E-state index is 15.3. The van der Waals surface area contributed by atoms with E-state index in [2.05, 4.69) is 129 Å². The summed E-state index contributed by atoms with van der Waals surface area (Å²) in [6.45, 7) is 8.19. The number of nitrogens with one attached hydrogen (secondary N) is 15. The highest BCUT2D eigenvalue weighted by molar-refractivity contribution is 7.80. The number of primary amides is 1. The number of carboxylic acids is 1. The number of hydrogen-bond acceptors (Lipinski definition) is 27. The molecule has 758 valence electrons. The molecule has 0 saturated heterocycles. The minimum Gasteiger partial charge on any atom is -1.00 e. The van der Waals surface area contributed by atoms with Gasteiger partial charge in [-0.05, 0) is 211 Å². The summed E-state index contributed by atoms with van der Waals surface area (Å²) in [7, 11) is 0. The van der Waals surface area contributed by atoms with Crippen LogP contribution in [-0.4, -0.2) is 278 Å². The van der Waals surface area contributed by atoms with Gasteiger partial charge in [-0.1, -0.05) is 30.3 Å². The number of unbranched alkanes of at least 4 members (excludes halogenated alkanes) is 5. The second-order valence-electron chi connectivity index (χ2n) is 32.7. The maximum Gasteiger partial charge on any atom is 0.322 e. The van der Waals surface area contributed by atoms with Crippen LogP contribution in [0, 0.1) is 0 Å². The number of imidazole rings is 1. The third kappa shape index (κ3) is 38.2. The van der Waals surface area contributed by atoms with Gasteiger partial charge in [0, 0.05) is 84.2 Å². The van der Waals surface area contributed by atoms with Crippen LogP contribution in [0.2, 0.25) is 0 Å². The van der Waals surface area contributed by atoms with Gasteiger partial charge in [0.15, 0.2) is 0 Å². The molecule has 3 aromatic carbocycles. The van der Waals surface area contributed by atoms with E-state index in [9.17, 15) is 77.3 Å². The second-order valence-corrected chi connectivity index (χ2v) is 33.0. The number of benzene rings is 4. The van der Waals surface area contributed by atoms with E-state index in [1.54, 1.807) is 30.3 Å². The van der Waals surface area contributed by atoms with E-state index in [4.69, 9.17) is 43.9 Å². The van der Waals surface area contributed by atoms with Crippen molar-refractivity contribution in [2.75, 3.05) is 102 Å². The molecule has 0 saturated carbocycles. The Hall–Kier alpha value is -12.9. The average Bonchev–Trinajstić information content (AvgIpc) is 0.837. The summed E-state index contributed by atoms with van der Waals surface area (Å²) in [5.74, 6) is -14.9. The molecule has 2 aliphatic rings. The van der Waals surface area contributed by atoms with E-state index in [1.807, 2.05) is 47.8 Å². The topological polar surface area (TPSA) is 706 Å². The molecule has 1 aromatic heterocycles. The minimum absolute atomic E-state index is 0. The highest BCUT2D eigenvalue weighted by atomic mass is 35.5. The lowest BCUT2D eigenvalue weighted by Crippen LogP contribution is -3.00. The molecule has 0 unspecified atom stereocenters. The van der Waals surface area contributed by atoms with Gasteiger partial charge < -0.3 is 151 Å². The van der Waals surface area contributed by atoms with Crippen LogP contribution in [0.4, 0.5) is 5.69 Å². The quantitative estimate of drug-likeness (QED) is 0.00731. The van der Waals surface area contributed by atoms with Gasteiger partial charge in [-0.25, -0.2) is 9.56 Å². The van der Waals surface area contributed by atoms with Crippen molar-refractivity contribution in [3.05, 3.63) is 120 Å². The predicted octanol–water partition coefficient (Wildman–Crippen LogP) is -6.38. The summed E-state index contributed by atoms with van der Waals surface area (Å²) < 4.78 is 8.95. The van der Waals surface area contributed by atoms with E-state index in [1.165, 1.54) is 24.7 Å². The highest BCUT2D eigenvalue weighted by Crippen LogP contribution is 2.42. The SMILES string of the molecule is CCN(CC)c1ccc2c(-c3ccccc3C(=O)N[C@H](Cc3ccc(O)cc3)C(=O)N[C@H](CCCCN)C(=O)N[C@H](CCC(N)=O)C(=O)N[C@H](CS)C(=O)N[C@H](Cc3c[nH]cn3)C(=O)N[C@H](CCCCN)C(=O)N[C@H](CCCCN)C(=O)NCC(=O)NCC(=O)N[C@H](CCCCN)C(=O)N[C@H](CCCCN)C(=O)NCC(=O)N[C@H](CO)C(=O)NCC(=O)O)c3ccc(=[N+](CC)CC)cc-3oc2c1.[Cl-]. The van der Waals surface area contributed by atoms with Crippen molar-refractivity contribution in [1.29, 1.82) is 0 Å². The largest absolute Gasteiger partial charge is 1.00 e. The lowest BCUT2D eigenvalue weighted by atomic mass is 9.90. The number of aliphatic carboxylic acids is 1. The molecule has 2 heterocycles. The number of fused-ring (bicyclic) bond motifs is 2. The normalized spacial score (nSPS) is 13.2. The molecule has 0 fully saturated rings. The Bertz CT molecular complexity index is 5040. The summed E-state index contributed by atoms with van der Waals surface area (Å²) in [5, 5.41) is 65.8. The van der Waals surface area contributed by atoms with E-state index in [-0.39, 0.29) is 126 Å². The van der Waals surface area contributed by atoms with Crippen LogP contribution < -0.4 is 136 Å². The van der Waals surface area contributed by atoms with Gasteiger partial charge in [0.05, 0.1) is 44.3 Å². The fourth-order valence-corrected chi connectivity index (χ4v) is 15.3. The number of carbonyl (C=O) groups is 16. The summed E-state index contributed by atoms with van der Waals surface area (Å²) in [5.41, 5.74) is 39.0. The molecule has 46 heteroatoms. The molecular formula is C92H137ClN24O20S. The lowest BCUT2D eigenvalue weighted by molar-refractivity contribution is -0.138. The summed E-state index contributed by atoms with van der Waals surface area (Å²) in [4.78, 5) is 230. The van der Waals surface area contributed by atoms with Crippen LogP contribution in [-0.2, 0) is 84.8 Å². The van der Waals surface area contributed by atoms with Crippen molar-refractivity contribution >= 4 is 124 Å². The fraction of sp³-hybridized carbons (Fsp3) is 0.522. The minimum atomic E-state index is -1.65. The number of nitrogens with zero attached hydrogens (tertiary/aromatic N) is 3. The zero-order chi connectivity index (χ0) is 100. The molecule has 1 aliphatic carbocycles. The number of thiol groups is 1. The Balaban J connectivity index is 0.0000336. The average molecular weight is 1970 g/mol. The predicted molar refractivity (Wildman–Crippen MR) is 514 cm³/mol. The molecule has 0 bridgehead atoms. The van der Waals surface area contributed by atoms with Crippen molar-refractivity contribution in [3.8, 4) is 28.2 Å². The summed E-state index contributed by atoms with van der Waals surface area (Å²) in [6.07, 6.45) is 4.47. The number of anilines is 1. The number of phenolic OH excluding ortho intramolecular Hbond substituents is 1. The Morgan fingerprint density at radius 3 is 1.37 bits per heavy atom. The molecule has 10 atom stereocenters. The number of aliphatic hydroxyl groups excluding tert-OH is 1. The number of aromatic hydroxyl groups is 1. The molecule has 4 aromatic rings. The van der Waals surface area contributed by atoms with Gasteiger partial charge in [0.2, 0.25) is 88.1 Å². The van der Waals surface area contributed by atoms with Crippen LogP contribution in [0.3, 0.4) is 0 Å². The Morgan fingerprint density at radius 2 is 0.899 bits per heavy atom. The number of amides is 15. The van der Waals surface area contributed by atoms with E-state index >= 15 is 9.59 Å². The molecule has 15 amide bonds. The Labute approximate surface area is 812 Å². The number of phenols is 1. The molecule has 44 nitrogen and oxygen atoms in total. The first kappa shape index (κ1) is 116. The molecule has 0 spiro atoms. The van der Waals surface area contributed by atoms with Crippen molar-refractivity contribution in [1.82, 2.24) is 89.0 Å². The molecule has 0 radical (unpaired) electrons. The third-order valence-corrected chi connectivity index (χ3v) is 22.9. The second kappa shape index (κ2) is 62.0. The van der Waals surface area contributed by atoms with Gasteiger partial charge in [-0.2, -0.15) is 12.6 Å². The van der Waals surface area contributed by atoms with Gasteiger partial charge >= 0.3 is 5.97 Å². The Kier molecular flexibility index (Phi) is 51.9. The fourth-order valence-electron chi connectivity index (χ4n) is 15.0. The van der Waals surface area contributed by atoms with E-state index in [0.717, 1.165) is 37.2 Å². The lowest BCUT2D eigenvalue weighted by Gasteiger charge is -2.27. The number of rotatable bonds is 64. The van der Waals surface area contributed by atoms with Gasteiger partial charge in [-0.15, -0.1) is 0 Å². The number of aromatic nitrogens is 2. The van der Waals surface area contributed by atoms with Gasteiger partial charge in [0.25, 0.3) is 5.91 Å². The molecule has 30 N–H and O–H groups in total. The van der Waals surface area contributed by atoms with Gasteiger partial charge in [0.1, 0.15) is 97.1 Å². The van der Waals surface area contributed by atoms with Crippen LogP contribution in [0.25, 0.3) is 33.4 Å². The Morgan fingerprint density at radius 1 is 0.464 bits per heavy atom. The number of carboxylic acid groups (broad SMARTS) is 1. The van der Waals surface area contributed by atoms with Crippen LogP contribution >= 0.6 is 12.6 Å². The third-order valence-electron chi connectivity index (χ3n) is 22.6. The maximum atomic E-state index is 15.3. The molecular weight excluding hydrogens is 1830 g/mol. The number of aliphatic hydroxyl groups is 1. The highest BCUT2D eigenvalue weighted by Gasteiger charge is 2.37. The first-order valence-electron chi connectivity index (χ1n) is 46.3. The standard InChI is InChI=1S/C92H136N24O20S.ClH/c1-5-115(6-2)57-30-34-62-74(45-57)136-75-46-58(116(7-3)8-4)31-35-63(75)81(62)60-21-9-10-22-61(60)82(125)112-70(43-55-28-32-59(118)33-29-55)90(133)109-68(27-15-20-42-97)88(131)111-69(36-37-76(98)119)89(132)114-73(53-137)92(135)113-71(44-56-47-99-54-104-56)91(134)110-67(26-14-19-41-96)87(130)108-64(23-11-16-38-93)83(126)101-48-77(120)100-49-78(121)105-66(25-13-18-40-95)86(129)107-65(24-12-17-39-94)84(127)102-50-79(122)106-72(52-117)85(128)103-51-80(123)124;/h9-10,21-22,28-35,45-47,54,64-73,117H,5-8,11-20,23-27,36-44,48-53,93-97H2,1-4H3,(H19-,98,99,100,101,102,103,104,105,106,107,108,109,110,111,112,113,114,118,119,120,121,122,123,124,125,126,127,128,129,130,131,132,133,134,135,137);1H/t64-,65-,66-,67-,68-,69-,70-,71-,72-,73-;/m1./s1. The van der Waals surface area contributed by atoms with Crippen LogP contribution in [0.1, 0.15) is 158 Å². The monoisotopic (exact) mass is 1960 g/mol. The van der Waals surface area contributed by atoms with Crippen LogP contribution in [0.15, 0.2) is 102 Å². The first-order valence-corrected chi connectivity index (χ1v) is 47.0. The molecule has 6 rings (SSSR count). The van der Waals surface area contributed by atoms with E-state index < -0.39 is 206 Å². The van der Waals surface area contributed by atoms with Crippen molar-refractivity contribution in [2.45, 2.75) is 210 Å². The van der Waals surface area contributed by atoms with Crippen molar-refractivity contribution in [3.63, 3.8) is 0 Å². The van der Waals surface area contributed by atoms with Gasteiger partial charge in [-0.3, -0.25) is 76.7 Å². The van der Waals surface area contributed by atoms with E-state index in [0.29, 0.717) is 83.9 Å². The zero-order valence-corrected chi connectivity index (χ0v) is 80.1. The van der Waals surface area contributed by atoms with Crippen molar-refractivity contribution < 1.29 is 109 Å².